The number of hydrogen-bond acceptors (Lipinski definition) is 5. The molecule has 1 aliphatic rings. The Balaban J connectivity index is 1.33. The van der Waals surface area contributed by atoms with Crippen LogP contribution >= 0.6 is 27.7 Å². The summed E-state index contributed by atoms with van der Waals surface area (Å²) in [5.41, 5.74) is 2.17. The number of thioether (sulfide) groups is 1. The van der Waals surface area contributed by atoms with Crippen molar-refractivity contribution < 1.29 is 19.1 Å². The van der Waals surface area contributed by atoms with Gasteiger partial charge in [0.2, 0.25) is 0 Å². The number of nitrogens with zero attached hydrogens (tertiary/aromatic N) is 1. The van der Waals surface area contributed by atoms with Crippen molar-refractivity contribution in [1.82, 2.24) is 4.90 Å². The summed E-state index contributed by atoms with van der Waals surface area (Å²) in [7, 11) is 0. The van der Waals surface area contributed by atoms with Crippen molar-refractivity contribution in [3.05, 3.63) is 117 Å². The van der Waals surface area contributed by atoms with Crippen LogP contribution in [0.1, 0.15) is 21.5 Å². The third-order valence-corrected chi connectivity index (χ3v) is 7.25. The summed E-state index contributed by atoms with van der Waals surface area (Å²) < 4.78 is 6.98. The average molecular weight is 558 g/mol. The molecular formula is C29H20BrNO4S. The lowest BCUT2D eigenvalue weighted by Crippen LogP contribution is -2.33. The number of hydrogen-bond donors (Lipinski definition) is 0. The van der Waals surface area contributed by atoms with Gasteiger partial charge in [-0.3, -0.25) is 19.3 Å². The lowest BCUT2D eigenvalue weighted by molar-refractivity contribution is -0.122. The van der Waals surface area contributed by atoms with Crippen molar-refractivity contribution in [3.63, 3.8) is 0 Å². The minimum Gasteiger partial charge on any atom is -0.488 e. The molecule has 0 unspecified atom stereocenters. The first-order chi connectivity index (χ1) is 17.5. The fraction of sp³-hybridized carbons (Fsp3) is 0.0690. The minimum atomic E-state index is -0.487. The second-order valence-corrected chi connectivity index (χ2v) is 10.1. The van der Waals surface area contributed by atoms with Crippen LogP contribution in [0.4, 0.5) is 4.79 Å². The second-order valence-electron chi connectivity index (χ2n) is 8.16. The zero-order valence-electron chi connectivity index (χ0n) is 19.0. The third kappa shape index (κ3) is 5.12. The maximum absolute atomic E-state index is 13.0. The molecule has 0 aliphatic carbocycles. The van der Waals surface area contributed by atoms with Crippen LogP contribution in [-0.4, -0.2) is 28.4 Å². The topological polar surface area (TPSA) is 63.7 Å². The van der Waals surface area contributed by atoms with E-state index in [4.69, 9.17) is 4.74 Å². The van der Waals surface area contributed by atoms with E-state index in [9.17, 15) is 14.4 Å². The van der Waals surface area contributed by atoms with Crippen molar-refractivity contribution in [2.24, 2.45) is 0 Å². The molecule has 1 heterocycles. The van der Waals surface area contributed by atoms with Crippen molar-refractivity contribution in [1.29, 1.82) is 0 Å². The lowest BCUT2D eigenvalue weighted by atomic mass is 10.1. The van der Waals surface area contributed by atoms with Crippen LogP contribution in [0.3, 0.4) is 0 Å². The number of carbonyl (C=O) groups excluding carboxylic acids is 3. The van der Waals surface area contributed by atoms with Gasteiger partial charge in [-0.2, -0.15) is 0 Å². The first-order valence-corrected chi connectivity index (χ1v) is 12.8. The molecule has 0 spiro atoms. The summed E-state index contributed by atoms with van der Waals surface area (Å²) in [6, 6.07) is 28.4. The number of amides is 2. The summed E-state index contributed by atoms with van der Waals surface area (Å²) in [4.78, 5) is 39.4. The summed E-state index contributed by atoms with van der Waals surface area (Å²) in [6.45, 7) is 0.0538. The molecule has 178 valence electrons. The number of fused-ring (bicyclic) bond motifs is 1. The standard InChI is InChI=1S/C29H20BrNO4S/c30-23-14-12-20(13-15-23)25(32)17-31-28(33)27(36-29(31)34)16-21-7-2-4-11-26(21)35-18-22-9-5-8-19-6-1-3-10-24(19)22/h1-16H,17-18H2/b27-16-. The molecule has 4 aromatic rings. The number of benzene rings is 4. The summed E-state index contributed by atoms with van der Waals surface area (Å²) in [6.07, 6.45) is 1.65. The van der Waals surface area contributed by atoms with Gasteiger partial charge in [-0.25, -0.2) is 0 Å². The van der Waals surface area contributed by atoms with E-state index in [1.54, 1.807) is 30.3 Å². The summed E-state index contributed by atoms with van der Waals surface area (Å²) in [5.74, 6) is -0.188. The molecule has 1 fully saturated rings. The predicted octanol–water partition coefficient (Wildman–Crippen LogP) is 7.10. The van der Waals surface area contributed by atoms with E-state index in [1.807, 2.05) is 48.5 Å². The van der Waals surface area contributed by atoms with Crippen molar-refractivity contribution in [2.75, 3.05) is 6.54 Å². The van der Waals surface area contributed by atoms with Gasteiger partial charge < -0.3 is 4.74 Å². The van der Waals surface area contributed by atoms with E-state index < -0.39 is 11.1 Å². The monoisotopic (exact) mass is 557 g/mol. The number of carbonyl (C=O) groups is 3. The van der Waals surface area contributed by atoms with Crippen LogP contribution in [0, 0.1) is 0 Å². The van der Waals surface area contributed by atoms with Gasteiger partial charge in [-0.1, -0.05) is 88.7 Å². The van der Waals surface area contributed by atoms with Gasteiger partial charge in [0, 0.05) is 15.6 Å². The molecule has 5 rings (SSSR count). The normalized spacial score (nSPS) is 14.6. The van der Waals surface area contributed by atoms with E-state index in [1.165, 1.54) is 0 Å². The van der Waals surface area contributed by atoms with Gasteiger partial charge in [0.15, 0.2) is 5.78 Å². The van der Waals surface area contributed by atoms with Gasteiger partial charge in [0.05, 0.1) is 11.4 Å². The Bertz CT molecular complexity index is 1510. The van der Waals surface area contributed by atoms with Crippen LogP contribution in [0.25, 0.3) is 16.8 Å². The maximum atomic E-state index is 13.0. The quantitative estimate of drug-likeness (QED) is 0.179. The molecule has 0 bridgehead atoms. The Morgan fingerprint density at radius 2 is 1.61 bits per heavy atom. The Labute approximate surface area is 220 Å². The minimum absolute atomic E-state index is 0.254. The maximum Gasteiger partial charge on any atom is 0.293 e. The van der Waals surface area contributed by atoms with Gasteiger partial charge >= 0.3 is 0 Å². The fourth-order valence-electron chi connectivity index (χ4n) is 3.95. The van der Waals surface area contributed by atoms with Crippen LogP contribution in [0.15, 0.2) is 100 Å². The Hall–Kier alpha value is -3.68. The zero-order valence-corrected chi connectivity index (χ0v) is 21.4. The first kappa shape index (κ1) is 24.0. The molecule has 0 atom stereocenters. The van der Waals surface area contributed by atoms with Gasteiger partial charge in [0.25, 0.3) is 11.1 Å². The van der Waals surface area contributed by atoms with Gasteiger partial charge in [-0.05, 0) is 52.4 Å². The van der Waals surface area contributed by atoms with E-state index in [0.717, 1.165) is 37.5 Å². The lowest BCUT2D eigenvalue weighted by Gasteiger charge is -2.12. The number of rotatable bonds is 7. The zero-order chi connectivity index (χ0) is 25.1. The highest BCUT2D eigenvalue weighted by Gasteiger charge is 2.36. The molecule has 7 heteroatoms. The van der Waals surface area contributed by atoms with E-state index in [0.29, 0.717) is 23.5 Å². The highest BCUT2D eigenvalue weighted by Crippen LogP contribution is 2.34. The number of halogens is 1. The number of ketones is 1. The molecule has 4 aromatic carbocycles. The second kappa shape index (κ2) is 10.5. The van der Waals surface area contributed by atoms with Crippen molar-refractivity contribution in [3.8, 4) is 5.75 Å². The molecular weight excluding hydrogens is 538 g/mol. The van der Waals surface area contributed by atoms with Crippen molar-refractivity contribution in [2.45, 2.75) is 6.61 Å². The molecule has 2 amide bonds. The molecule has 0 aromatic heterocycles. The molecule has 1 aliphatic heterocycles. The molecule has 36 heavy (non-hydrogen) atoms. The van der Waals surface area contributed by atoms with E-state index >= 15 is 0 Å². The SMILES string of the molecule is O=C(CN1C(=O)S/C(=C\c2ccccc2OCc2cccc3ccccc23)C1=O)c1ccc(Br)cc1. The number of para-hydroxylation sites is 1. The van der Waals surface area contributed by atoms with Crippen molar-refractivity contribution >= 4 is 61.5 Å². The molecule has 1 saturated heterocycles. The summed E-state index contributed by atoms with van der Waals surface area (Å²) >= 11 is 4.16. The van der Waals surface area contributed by atoms with E-state index in [-0.39, 0.29) is 17.2 Å². The predicted molar refractivity (Wildman–Crippen MR) is 146 cm³/mol. The average Bonchev–Trinajstić information content (AvgIpc) is 3.15. The Kier molecular flexibility index (Phi) is 7.02. The van der Waals surface area contributed by atoms with Crippen LogP contribution in [-0.2, 0) is 11.4 Å². The van der Waals surface area contributed by atoms with Gasteiger partial charge in [-0.15, -0.1) is 0 Å². The molecule has 0 N–H and O–H groups in total. The molecule has 0 saturated carbocycles. The molecule has 0 radical (unpaired) electrons. The largest absolute Gasteiger partial charge is 0.488 e. The van der Waals surface area contributed by atoms with Crippen LogP contribution < -0.4 is 4.74 Å². The highest BCUT2D eigenvalue weighted by molar-refractivity contribution is 9.10. The Morgan fingerprint density at radius 1 is 0.889 bits per heavy atom. The molecule has 5 nitrogen and oxygen atoms in total. The highest BCUT2D eigenvalue weighted by atomic mass is 79.9. The van der Waals surface area contributed by atoms with E-state index in [2.05, 4.69) is 34.1 Å². The van der Waals surface area contributed by atoms with Crippen LogP contribution in [0.2, 0.25) is 0 Å². The van der Waals surface area contributed by atoms with Crippen LogP contribution in [0.5, 0.6) is 5.75 Å². The van der Waals surface area contributed by atoms with Gasteiger partial charge in [0.1, 0.15) is 12.4 Å². The Morgan fingerprint density at radius 3 is 2.44 bits per heavy atom. The third-order valence-electron chi connectivity index (χ3n) is 5.81. The summed E-state index contributed by atoms with van der Waals surface area (Å²) in [5, 5.41) is 1.79. The first-order valence-electron chi connectivity index (χ1n) is 11.2. The smallest absolute Gasteiger partial charge is 0.293 e. The number of ether oxygens (including phenoxy) is 1. The number of Topliss-reactive ketones (excluding diaryl/α,β-unsaturated/α-hetero) is 1. The fourth-order valence-corrected chi connectivity index (χ4v) is 5.05. The number of imide groups is 1.